The molecule has 3 N–H and O–H groups in total. The lowest BCUT2D eigenvalue weighted by molar-refractivity contribution is 0.315. The first-order valence-electron chi connectivity index (χ1n) is 6.91. The van der Waals surface area contributed by atoms with E-state index in [1.165, 1.54) is 50.7 Å². The van der Waals surface area contributed by atoms with Crippen molar-refractivity contribution in [1.82, 2.24) is 5.32 Å². The fourth-order valence-electron chi connectivity index (χ4n) is 3.10. The molecule has 0 aromatic heterocycles. The molecule has 2 saturated carbocycles. The van der Waals surface area contributed by atoms with Crippen LogP contribution in [0, 0.1) is 0 Å². The third-order valence-electron chi connectivity index (χ3n) is 4.03. The minimum atomic E-state index is 0.477. The smallest absolute Gasteiger partial charge is 0.00805 e. The van der Waals surface area contributed by atoms with Gasteiger partial charge in [0.2, 0.25) is 0 Å². The number of nitrogens with two attached hydrogens (primary N) is 1. The van der Waals surface area contributed by atoms with E-state index in [1.54, 1.807) is 0 Å². The van der Waals surface area contributed by atoms with Crippen molar-refractivity contribution >= 4 is 11.8 Å². The maximum Gasteiger partial charge on any atom is 0.00805 e. The standard InChI is InChI=1S/C13H26N2S/c1-2-16-13-8-7-12(9-13)15-11-5-3-10(14)4-6-11/h10-13,15H,2-9,14H2,1H3. The molecule has 0 radical (unpaired) electrons. The summed E-state index contributed by atoms with van der Waals surface area (Å²) >= 11 is 2.15. The van der Waals surface area contributed by atoms with Crippen molar-refractivity contribution in [3.63, 3.8) is 0 Å². The average molecular weight is 242 g/mol. The Balaban J connectivity index is 1.67. The molecule has 2 fully saturated rings. The predicted octanol–water partition coefficient (Wildman–Crippen LogP) is 2.52. The van der Waals surface area contributed by atoms with E-state index in [-0.39, 0.29) is 0 Å². The Morgan fingerprint density at radius 1 is 1.06 bits per heavy atom. The van der Waals surface area contributed by atoms with Gasteiger partial charge in [-0.1, -0.05) is 6.92 Å². The first-order valence-corrected chi connectivity index (χ1v) is 7.96. The Hall–Kier alpha value is 0.270. The van der Waals surface area contributed by atoms with Gasteiger partial charge in [0.1, 0.15) is 0 Å². The monoisotopic (exact) mass is 242 g/mol. The third-order valence-corrected chi connectivity index (χ3v) is 5.26. The lowest BCUT2D eigenvalue weighted by atomic mass is 9.91. The second kappa shape index (κ2) is 6.27. The molecule has 0 aromatic rings. The summed E-state index contributed by atoms with van der Waals surface area (Å²) in [5, 5.41) is 4.78. The summed E-state index contributed by atoms with van der Waals surface area (Å²) in [5.74, 6) is 1.27. The number of hydrogen-bond donors (Lipinski definition) is 2. The molecule has 2 atom stereocenters. The maximum absolute atomic E-state index is 5.94. The van der Waals surface area contributed by atoms with Gasteiger partial charge in [-0.3, -0.25) is 0 Å². The average Bonchev–Trinajstić information content (AvgIpc) is 2.70. The summed E-state index contributed by atoms with van der Waals surface area (Å²) in [6.07, 6.45) is 9.23. The molecule has 0 aliphatic heterocycles. The molecule has 2 aliphatic carbocycles. The maximum atomic E-state index is 5.94. The minimum absolute atomic E-state index is 0.477. The van der Waals surface area contributed by atoms with Crippen LogP contribution in [-0.2, 0) is 0 Å². The molecular formula is C13H26N2S. The van der Waals surface area contributed by atoms with Gasteiger partial charge in [0, 0.05) is 23.4 Å². The van der Waals surface area contributed by atoms with Crippen LogP contribution >= 0.6 is 11.8 Å². The van der Waals surface area contributed by atoms with Crippen LogP contribution in [0.15, 0.2) is 0 Å². The van der Waals surface area contributed by atoms with Gasteiger partial charge in [-0.05, 0) is 50.7 Å². The Kier molecular flexibility index (Phi) is 4.98. The van der Waals surface area contributed by atoms with Crippen LogP contribution in [0.4, 0.5) is 0 Å². The van der Waals surface area contributed by atoms with Gasteiger partial charge in [-0.25, -0.2) is 0 Å². The molecule has 2 nitrogen and oxygen atoms in total. The second-order valence-corrected chi connectivity index (χ2v) is 6.94. The minimum Gasteiger partial charge on any atom is -0.328 e. The highest BCUT2D eigenvalue weighted by Gasteiger charge is 2.27. The van der Waals surface area contributed by atoms with E-state index in [4.69, 9.17) is 5.73 Å². The zero-order valence-corrected chi connectivity index (χ0v) is 11.3. The van der Waals surface area contributed by atoms with Crippen molar-refractivity contribution in [2.75, 3.05) is 5.75 Å². The molecule has 2 aliphatic rings. The van der Waals surface area contributed by atoms with Crippen molar-refractivity contribution in [1.29, 1.82) is 0 Å². The second-order valence-electron chi connectivity index (χ2n) is 5.37. The van der Waals surface area contributed by atoms with Crippen LogP contribution in [0.25, 0.3) is 0 Å². The van der Waals surface area contributed by atoms with E-state index >= 15 is 0 Å². The van der Waals surface area contributed by atoms with Crippen molar-refractivity contribution in [2.24, 2.45) is 5.73 Å². The molecule has 2 unspecified atom stereocenters. The number of rotatable bonds is 4. The van der Waals surface area contributed by atoms with Gasteiger partial charge in [-0.15, -0.1) is 0 Å². The van der Waals surface area contributed by atoms with Crippen LogP contribution in [-0.4, -0.2) is 29.1 Å². The topological polar surface area (TPSA) is 38.0 Å². The molecule has 0 bridgehead atoms. The summed E-state index contributed by atoms with van der Waals surface area (Å²) in [4.78, 5) is 0. The Labute approximate surface area is 104 Å². The largest absolute Gasteiger partial charge is 0.328 e. The molecule has 16 heavy (non-hydrogen) atoms. The molecule has 0 spiro atoms. The fraction of sp³-hybridized carbons (Fsp3) is 1.00. The third kappa shape index (κ3) is 3.64. The van der Waals surface area contributed by atoms with Crippen molar-refractivity contribution in [3.8, 4) is 0 Å². The molecule has 0 saturated heterocycles. The van der Waals surface area contributed by atoms with E-state index in [0.717, 1.165) is 17.3 Å². The Morgan fingerprint density at radius 3 is 2.44 bits per heavy atom. The van der Waals surface area contributed by atoms with Gasteiger partial charge in [0.25, 0.3) is 0 Å². The van der Waals surface area contributed by atoms with E-state index in [1.807, 2.05) is 0 Å². The van der Waals surface area contributed by atoms with Gasteiger partial charge < -0.3 is 11.1 Å². The van der Waals surface area contributed by atoms with Gasteiger partial charge in [0.15, 0.2) is 0 Å². The number of nitrogens with one attached hydrogen (secondary N) is 1. The van der Waals surface area contributed by atoms with Crippen molar-refractivity contribution < 1.29 is 0 Å². The lowest BCUT2D eigenvalue weighted by Crippen LogP contribution is -2.41. The summed E-state index contributed by atoms with van der Waals surface area (Å²) in [6, 6.07) is 2.03. The summed E-state index contributed by atoms with van der Waals surface area (Å²) in [5.41, 5.74) is 5.94. The Morgan fingerprint density at radius 2 is 1.75 bits per heavy atom. The van der Waals surface area contributed by atoms with Gasteiger partial charge in [-0.2, -0.15) is 11.8 Å². The Bertz CT molecular complexity index is 202. The van der Waals surface area contributed by atoms with Crippen LogP contribution in [0.3, 0.4) is 0 Å². The highest BCUT2D eigenvalue weighted by molar-refractivity contribution is 7.99. The lowest BCUT2D eigenvalue weighted by Gasteiger charge is -2.29. The van der Waals surface area contributed by atoms with Gasteiger partial charge >= 0.3 is 0 Å². The van der Waals surface area contributed by atoms with Gasteiger partial charge in [0.05, 0.1) is 0 Å². The SMILES string of the molecule is CCSC1CCC(NC2CCC(N)CC2)C1. The molecule has 0 aromatic carbocycles. The molecule has 94 valence electrons. The normalized spacial score (nSPS) is 40.1. The quantitative estimate of drug-likeness (QED) is 0.795. The highest BCUT2D eigenvalue weighted by Crippen LogP contribution is 2.30. The van der Waals surface area contributed by atoms with Crippen LogP contribution in [0.5, 0.6) is 0 Å². The predicted molar refractivity (Wildman–Crippen MR) is 72.9 cm³/mol. The summed E-state index contributed by atoms with van der Waals surface area (Å²) in [7, 11) is 0. The van der Waals surface area contributed by atoms with Crippen molar-refractivity contribution in [3.05, 3.63) is 0 Å². The summed E-state index contributed by atoms with van der Waals surface area (Å²) < 4.78 is 0. The first kappa shape index (κ1) is 12.7. The van der Waals surface area contributed by atoms with E-state index in [0.29, 0.717) is 6.04 Å². The molecule has 0 amide bonds. The fourth-order valence-corrected chi connectivity index (χ4v) is 4.24. The van der Waals surface area contributed by atoms with Crippen LogP contribution in [0.2, 0.25) is 0 Å². The van der Waals surface area contributed by atoms with Crippen LogP contribution in [0.1, 0.15) is 51.9 Å². The zero-order chi connectivity index (χ0) is 11.4. The van der Waals surface area contributed by atoms with E-state index in [2.05, 4.69) is 24.0 Å². The number of hydrogen-bond acceptors (Lipinski definition) is 3. The first-order chi connectivity index (χ1) is 7.78. The highest BCUT2D eigenvalue weighted by atomic mass is 32.2. The number of thioether (sulfide) groups is 1. The van der Waals surface area contributed by atoms with E-state index in [9.17, 15) is 0 Å². The van der Waals surface area contributed by atoms with Crippen LogP contribution < -0.4 is 11.1 Å². The van der Waals surface area contributed by atoms with Crippen molar-refractivity contribution in [2.45, 2.75) is 75.2 Å². The molecule has 2 rings (SSSR count). The summed E-state index contributed by atoms with van der Waals surface area (Å²) in [6.45, 7) is 2.27. The van der Waals surface area contributed by atoms with E-state index < -0.39 is 0 Å². The molecule has 3 heteroatoms. The molecular weight excluding hydrogens is 216 g/mol. The molecule has 0 heterocycles. The zero-order valence-electron chi connectivity index (χ0n) is 10.5.